The predicted molar refractivity (Wildman–Crippen MR) is 72.3 cm³/mol. The molecule has 0 spiro atoms. The van der Waals surface area contributed by atoms with Crippen molar-refractivity contribution in [3.8, 4) is 0 Å². The topological polar surface area (TPSA) is 57.6 Å². The van der Waals surface area contributed by atoms with E-state index in [4.69, 9.17) is 5.11 Å². The molecule has 18 heavy (non-hydrogen) atoms. The van der Waals surface area contributed by atoms with Crippen LogP contribution >= 0.6 is 15.9 Å². The van der Waals surface area contributed by atoms with Gasteiger partial charge in [0.05, 0.1) is 6.42 Å². The number of benzene rings is 1. The number of carboxylic acids is 1. The lowest BCUT2D eigenvalue weighted by molar-refractivity contribution is -0.143. The fourth-order valence-corrected chi connectivity index (χ4v) is 1.73. The van der Waals surface area contributed by atoms with E-state index in [9.17, 15) is 9.59 Å². The molecule has 0 bridgehead atoms. The van der Waals surface area contributed by atoms with Crippen LogP contribution in [0.1, 0.15) is 5.56 Å². The van der Waals surface area contributed by atoms with Crippen LogP contribution in [0.15, 0.2) is 41.4 Å². The minimum Gasteiger partial charge on any atom is -0.480 e. The number of nitrogens with zero attached hydrogens (tertiary/aromatic N) is 1. The minimum absolute atomic E-state index is 0.189. The van der Waals surface area contributed by atoms with Gasteiger partial charge in [0.25, 0.3) is 0 Å². The van der Waals surface area contributed by atoms with Gasteiger partial charge in [-0.05, 0) is 17.7 Å². The first-order chi connectivity index (χ1) is 8.52. The molecule has 0 aliphatic rings. The second kappa shape index (κ2) is 6.96. The predicted octanol–water partition coefficient (Wildman–Crippen LogP) is 2.09. The molecule has 0 saturated heterocycles. The number of halogens is 1. The maximum Gasteiger partial charge on any atom is 0.323 e. The highest BCUT2D eigenvalue weighted by molar-refractivity contribution is 9.10. The van der Waals surface area contributed by atoms with E-state index < -0.39 is 5.97 Å². The molecular weight excluding hydrogens is 298 g/mol. The molecule has 4 nitrogen and oxygen atoms in total. The Kier molecular flexibility index (Phi) is 5.58. The summed E-state index contributed by atoms with van der Waals surface area (Å²) < 4.78 is 0.937. The molecule has 0 saturated carbocycles. The van der Waals surface area contributed by atoms with Crippen molar-refractivity contribution in [2.75, 3.05) is 13.1 Å². The van der Waals surface area contributed by atoms with Crippen molar-refractivity contribution in [2.24, 2.45) is 0 Å². The highest BCUT2D eigenvalue weighted by Gasteiger charge is 2.15. The molecule has 1 aromatic carbocycles. The smallest absolute Gasteiger partial charge is 0.323 e. The summed E-state index contributed by atoms with van der Waals surface area (Å²) in [5.74, 6) is -1.25. The summed E-state index contributed by atoms with van der Waals surface area (Å²) in [6.07, 6.45) is 1.71. The van der Waals surface area contributed by atoms with E-state index in [1.54, 1.807) is 0 Å². The summed E-state index contributed by atoms with van der Waals surface area (Å²) in [5, 5.41) is 8.73. The second-order valence-corrected chi connectivity index (χ2v) is 4.68. The highest BCUT2D eigenvalue weighted by atomic mass is 79.9. The quantitative estimate of drug-likeness (QED) is 0.818. The van der Waals surface area contributed by atoms with Crippen LogP contribution in [0.2, 0.25) is 0 Å². The third-order valence-corrected chi connectivity index (χ3v) is 2.83. The van der Waals surface area contributed by atoms with Crippen LogP contribution in [0.5, 0.6) is 0 Å². The lowest BCUT2D eigenvalue weighted by atomic mass is 10.1. The van der Waals surface area contributed by atoms with Crippen molar-refractivity contribution >= 4 is 27.8 Å². The zero-order valence-electron chi connectivity index (χ0n) is 9.80. The zero-order valence-corrected chi connectivity index (χ0v) is 11.4. The van der Waals surface area contributed by atoms with Crippen molar-refractivity contribution in [1.82, 2.24) is 4.90 Å². The highest BCUT2D eigenvalue weighted by Crippen LogP contribution is 2.11. The Morgan fingerprint density at radius 2 is 1.94 bits per heavy atom. The van der Waals surface area contributed by atoms with Crippen LogP contribution in [0.25, 0.3) is 0 Å². The fourth-order valence-electron chi connectivity index (χ4n) is 1.46. The molecule has 0 unspecified atom stereocenters. The van der Waals surface area contributed by atoms with E-state index in [-0.39, 0.29) is 25.4 Å². The van der Waals surface area contributed by atoms with Crippen LogP contribution in [-0.4, -0.2) is 35.0 Å². The second-order valence-electron chi connectivity index (χ2n) is 3.76. The average molecular weight is 312 g/mol. The number of amides is 1. The van der Waals surface area contributed by atoms with E-state index in [1.165, 1.54) is 11.0 Å². The molecule has 1 rings (SSSR count). The Balaban J connectivity index is 2.68. The van der Waals surface area contributed by atoms with E-state index >= 15 is 0 Å². The number of carbonyl (C=O) groups excluding carboxylic acids is 1. The monoisotopic (exact) mass is 311 g/mol. The zero-order chi connectivity index (χ0) is 13.5. The first-order valence-electron chi connectivity index (χ1n) is 5.38. The lowest BCUT2D eigenvalue weighted by Gasteiger charge is -2.18. The number of carbonyl (C=O) groups is 2. The Hall–Kier alpha value is -1.62. The van der Waals surface area contributed by atoms with Gasteiger partial charge in [0.1, 0.15) is 6.54 Å². The normalized spacial score (nSPS) is 9.83. The van der Waals surface area contributed by atoms with Gasteiger partial charge in [0.2, 0.25) is 5.91 Å². The molecule has 0 fully saturated rings. The van der Waals surface area contributed by atoms with Crippen LogP contribution in [0, 0.1) is 0 Å². The van der Waals surface area contributed by atoms with E-state index in [0.717, 1.165) is 10.0 Å². The van der Waals surface area contributed by atoms with Crippen molar-refractivity contribution in [2.45, 2.75) is 6.42 Å². The Morgan fingerprint density at radius 1 is 1.33 bits per heavy atom. The Morgan fingerprint density at radius 3 is 2.44 bits per heavy atom. The summed E-state index contributed by atoms with van der Waals surface area (Å²) >= 11 is 3.31. The molecule has 1 aromatic rings. The van der Waals surface area contributed by atoms with Gasteiger partial charge >= 0.3 is 5.97 Å². The van der Waals surface area contributed by atoms with Crippen LogP contribution in [-0.2, 0) is 16.0 Å². The summed E-state index contributed by atoms with van der Waals surface area (Å²) in [6.45, 7) is 3.45. The molecule has 1 amide bonds. The SMILES string of the molecule is C=CCN(CC(=O)O)C(=O)Cc1ccc(Br)cc1. The van der Waals surface area contributed by atoms with Crippen LogP contribution in [0.3, 0.4) is 0 Å². The molecule has 1 N–H and O–H groups in total. The fraction of sp³-hybridized carbons (Fsp3) is 0.231. The van der Waals surface area contributed by atoms with Gasteiger partial charge in [-0.25, -0.2) is 0 Å². The number of rotatable bonds is 6. The van der Waals surface area contributed by atoms with Crippen molar-refractivity contribution in [1.29, 1.82) is 0 Å². The molecule has 0 heterocycles. The van der Waals surface area contributed by atoms with Gasteiger partial charge in [-0.1, -0.05) is 34.1 Å². The third kappa shape index (κ3) is 4.71. The standard InChI is InChI=1S/C13H14BrNO3/c1-2-7-15(9-13(17)18)12(16)8-10-3-5-11(14)6-4-10/h2-6H,1,7-9H2,(H,17,18). The number of carboxylic acid groups (broad SMARTS) is 1. The van der Waals surface area contributed by atoms with Gasteiger partial charge in [0, 0.05) is 11.0 Å². The molecule has 0 aliphatic heterocycles. The van der Waals surface area contributed by atoms with Crippen LogP contribution < -0.4 is 0 Å². The molecule has 0 aliphatic carbocycles. The Labute approximate surface area is 114 Å². The molecular formula is C13H14BrNO3. The summed E-state index contributed by atoms with van der Waals surface area (Å²) in [5.41, 5.74) is 0.850. The Bertz CT molecular complexity index is 442. The molecule has 0 aromatic heterocycles. The maximum absolute atomic E-state index is 11.9. The van der Waals surface area contributed by atoms with Crippen LogP contribution in [0.4, 0.5) is 0 Å². The number of aliphatic carboxylic acids is 1. The summed E-state index contributed by atoms with van der Waals surface area (Å²) in [4.78, 5) is 23.8. The largest absolute Gasteiger partial charge is 0.480 e. The molecule has 96 valence electrons. The van der Waals surface area contributed by atoms with E-state index in [2.05, 4.69) is 22.5 Å². The van der Waals surface area contributed by atoms with Crippen molar-refractivity contribution in [3.63, 3.8) is 0 Å². The maximum atomic E-state index is 11.9. The average Bonchev–Trinajstić information content (AvgIpc) is 2.31. The number of hydrogen-bond donors (Lipinski definition) is 1. The van der Waals surface area contributed by atoms with Gasteiger partial charge < -0.3 is 10.0 Å². The summed E-state index contributed by atoms with van der Waals surface area (Å²) in [6, 6.07) is 7.35. The van der Waals surface area contributed by atoms with Gasteiger partial charge in [-0.2, -0.15) is 0 Å². The van der Waals surface area contributed by atoms with Crippen molar-refractivity contribution < 1.29 is 14.7 Å². The molecule has 5 heteroatoms. The lowest BCUT2D eigenvalue weighted by Crippen LogP contribution is -2.36. The van der Waals surface area contributed by atoms with Gasteiger partial charge in [-0.15, -0.1) is 6.58 Å². The van der Waals surface area contributed by atoms with Gasteiger partial charge in [0.15, 0.2) is 0 Å². The third-order valence-electron chi connectivity index (χ3n) is 2.30. The first-order valence-corrected chi connectivity index (χ1v) is 6.17. The molecule has 0 atom stereocenters. The van der Waals surface area contributed by atoms with E-state index in [0.29, 0.717) is 0 Å². The number of hydrogen-bond acceptors (Lipinski definition) is 2. The van der Waals surface area contributed by atoms with E-state index in [1.807, 2.05) is 24.3 Å². The minimum atomic E-state index is -1.03. The molecule has 0 radical (unpaired) electrons. The van der Waals surface area contributed by atoms with Crippen molar-refractivity contribution in [3.05, 3.63) is 47.0 Å². The summed E-state index contributed by atoms with van der Waals surface area (Å²) in [7, 11) is 0. The van der Waals surface area contributed by atoms with Gasteiger partial charge in [-0.3, -0.25) is 9.59 Å². The first kappa shape index (κ1) is 14.4.